The van der Waals surface area contributed by atoms with E-state index < -0.39 is 30.9 Å². The summed E-state index contributed by atoms with van der Waals surface area (Å²) in [7, 11) is 0. The fourth-order valence-electron chi connectivity index (χ4n) is 2.36. The lowest BCUT2D eigenvalue weighted by Gasteiger charge is -2.12. The van der Waals surface area contributed by atoms with Gasteiger partial charge in [0.05, 0.1) is 12.0 Å². The molecule has 1 heterocycles. The number of benzene rings is 1. The number of amides is 1. The molecule has 1 atom stereocenters. The molecule has 0 spiro atoms. The number of carbonyl (C=O) groups excluding carboxylic acids is 2. The number of halogens is 3. The second kappa shape index (κ2) is 8.14. The van der Waals surface area contributed by atoms with Crippen LogP contribution in [0.4, 0.5) is 18.9 Å². The highest BCUT2D eigenvalue weighted by Gasteiger charge is 2.27. The monoisotopic (exact) mass is 344 g/mol. The van der Waals surface area contributed by atoms with E-state index in [0.29, 0.717) is 0 Å². The second-order valence-corrected chi connectivity index (χ2v) is 5.64. The molecule has 0 saturated carbocycles. The van der Waals surface area contributed by atoms with E-state index in [9.17, 15) is 22.8 Å². The number of nitrogens with one attached hydrogen (secondary N) is 2. The van der Waals surface area contributed by atoms with Gasteiger partial charge in [0.2, 0.25) is 5.91 Å². The van der Waals surface area contributed by atoms with Crippen LogP contribution in [-0.4, -0.2) is 37.2 Å². The molecule has 1 aromatic carbocycles. The van der Waals surface area contributed by atoms with Gasteiger partial charge in [0.15, 0.2) is 0 Å². The van der Waals surface area contributed by atoms with Gasteiger partial charge in [0.25, 0.3) is 0 Å². The maximum atomic E-state index is 12.1. The number of ether oxygens (including phenoxy) is 1. The molecular formula is C16H19F3N2O3. The van der Waals surface area contributed by atoms with Crippen LogP contribution in [-0.2, 0) is 9.53 Å². The van der Waals surface area contributed by atoms with Gasteiger partial charge in [-0.15, -0.1) is 0 Å². The quantitative estimate of drug-likeness (QED) is 0.779. The van der Waals surface area contributed by atoms with Gasteiger partial charge in [0.1, 0.15) is 6.61 Å². The molecule has 0 radical (unpaired) electrons. The summed E-state index contributed by atoms with van der Waals surface area (Å²) in [5, 5.41) is 5.55. The highest BCUT2D eigenvalue weighted by Crippen LogP contribution is 2.22. The van der Waals surface area contributed by atoms with Crippen LogP contribution in [0.25, 0.3) is 0 Å². The van der Waals surface area contributed by atoms with Crippen molar-refractivity contribution in [1.82, 2.24) is 5.32 Å². The van der Waals surface area contributed by atoms with Crippen molar-refractivity contribution in [3.05, 3.63) is 29.8 Å². The predicted molar refractivity (Wildman–Crippen MR) is 81.7 cm³/mol. The first-order valence-corrected chi connectivity index (χ1v) is 7.71. The van der Waals surface area contributed by atoms with Gasteiger partial charge in [0, 0.05) is 18.2 Å². The first-order valence-electron chi connectivity index (χ1n) is 7.71. The number of anilines is 1. The zero-order chi connectivity index (χ0) is 17.6. The van der Waals surface area contributed by atoms with Gasteiger partial charge in [-0.3, -0.25) is 4.79 Å². The molecule has 1 aliphatic rings. The van der Waals surface area contributed by atoms with E-state index in [-0.39, 0.29) is 23.9 Å². The summed E-state index contributed by atoms with van der Waals surface area (Å²) in [6, 6.07) is 6.09. The second-order valence-electron chi connectivity index (χ2n) is 5.64. The lowest BCUT2D eigenvalue weighted by Crippen LogP contribution is -2.28. The summed E-state index contributed by atoms with van der Waals surface area (Å²) in [6.07, 6.45) is -4.23. The average molecular weight is 344 g/mol. The van der Waals surface area contributed by atoms with Crippen molar-refractivity contribution in [1.29, 1.82) is 0 Å². The molecule has 1 saturated heterocycles. The van der Waals surface area contributed by atoms with Crippen molar-refractivity contribution in [2.24, 2.45) is 0 Å². The van der Waals surface area contributed by atoms with Gasteiger partial charge in [-0.1, -0.05) is 6.07 Å². The van der Waals surface area contributed by atoms with Gasteiger partial charge in [-0.2, -0.15) is 13.2 Å². The molecule has 1 amide bonds. The Hall–Kier alpha value is -2.09. The van der Waals surface area contributed by atoms with E-state index in [0.717, 1.165) is 19.4 Å². The van der Waals surface area contributed by atoms with Crippen molar-refractivity contribution in [3.8, 4) is 0 Å². The smallest absolute Gasteiger partial charge is 0.389 e. The third-order valence-electron chi connectivity index (χ3n) is 3.60. The van der Waals surface area contributed by atoms with Crippen LogP contribution < -0.4 is 10.6 Å². The lowest BCUT2D eigenvalue weighted by molar-refractivity contribution is -0.142. The van der Waals surface area contributed by atoms with Gasteiger partial charge < -0.3 is 15.4 Å². The molecule has 1 aromatic rings. The topological polar surface area (TPSA) is 67.4 Å². The Labute approximate surface area is 137 Å². The SMILES string of the molecule is O=C(CCC(F)(F)F)Nc1cccc(C(=O)OC[C@H]2CCCN2)c1. The minimum absolute atomic E-state index is 0.152. The van der Waals surface area contributed by atoms with Gasteiger partial charge in [-0.25, -0.2) is 4.79 Å². The molecule has 0 bridgehead atoms. The number of esters is 1. The van der Waals surface area contributed by atoms with E-state index >= 15 is 0 Å². The molecule has 24 heavy (non-hydrogen) atoms. The maximum Gasteiger partial charge on any atom is 0.389 e. The number of hydrogen-bond donors (Lipinski definition) is 2. The first-order chi connectivity index (χ1) is 11.3. The van der Waals surface area contributed by atoms with E-state index in [1.807, 2.05) is 0 Å². The zero-order valence-electron chi connectivity index (χ0n) is 13.0. The molecule has 0 aliphatic carbocycles. The van der Waals surface area contributed by atoms with Crippen LogP contribution in [0.3, 0.4) is 0 Å². The van der Waals surface area contributed by atoms with Crippen LogP contribution in [0.2, 0.25) is 0 Å². The van der Waals surface area contributed by atoms with E-state index in [2.05, 4.69) is 10.6 Å². The molecule has 0 unspecified atom stereocenters. The summed E-state index contributed by atoms with van der Waals surface area (Å²) in [5.41, 5.74) is 0.497. The minimum atomic E-state index is -4.38. The lowest BCUT2D eigenvalue weighted by atomic mass is 10.2. The molecular weight excluding hydrogens is 325 g/mol. The molecule has 1 aliphatic heterocycles. The Morgan fingerprint density at radius 1 is 1.33 bits per heavy atom. The number of alkyl halides is 3. The molecule has 2 N–H and O–H groups in total. The Balaban J connectivity index is 1.85. The van der Waals surface area contributed by atoms with E-state index in [4.69, 9.17) is 4.74 Å². The maximum absolute atomic E-state index is 12.1. The van der Waals surface area contributed by atoms with Crippen LogP contribution in [0.15, 0.2) is 24.3 Å². The Morgan fingerprint density at radius 3 is 2.79 bits per heavy atom. The largest absolute Gasteiger partial charge is 0.460 e. The predicted octanol–water partition coefficient (Wildman–Crippen LogP) is 2.88. The van der Waals surface area contributed by atoms with Crippen molar-refractivity contribution in [3.63, 3.8) is 0 Å². The summed E-state index contributed by atoms with van der Waals surface area (Å²) < 4.78 is 41.5. The van der Waals surface area contributed by atoms with Gasteiger partial charge in [-0.05, 0) is 37.6 Å². The Morgan fingerprint density at radius 2 is 2.12 bits per heavy atom. The Kier molecular flexibility index (Phi) is 6.19. The normalized spacial score (nSPS) is 17.5. The van der Waals surface area contributed by atoms with E-state index in [1.54, 1.807) is 0 Å². The Bertz CT molecular complexity index is 584. The average Bonchev–Trinajstić information content (AvgIpc) is 3.04. The molecule has 0 aromatic heterocycles. The molecule has 2 rings (SSSR count). The van der Waals surface area contributed by atoms with Crippen LogP contribution in [0.1, 0.15) is 36.0 Å². The zero-order valence-corrected chi connectivity index (χ0v) is 13.0. The standard InChI is InChI=1S/C16H19F3N2O3/c17-16(18,19)7-6-14(22)21-12-4-1-3-11(9-12)15(23)24-10-13-5-2-8-20-13/h1,3-4,9,13,20H,2,5-8,10H2,(H,21,22)/t13-/m1/s1. The number of hydrogen-bond acceptors (Lipinski definition) is 4. The first kappa shape index (κ1) is 18.3. The van der Waals surface area contributed by atoms with Crippen molar-refractivity contribution < 1.29 is 27.5 Å². The fraction of sp³-hybridized carbons (Fsp3) is 0.500. The third-order valence-corrected chi connectivity index (χ3v) is 3.60. The summed E-state index contributed by atoms with van der Waals surface area (Å²) in [4.78, 5) is 23.5. The molecule has 5 nitrogen and oxygen atoms in total. The van der Waals surface area contributed by atoms with Gasteiger partial charge >= 0.3 is 12.1 Å². The summed E-state index contributed by atoms with van der Waals surface area (Å²) in [6.45, 7) is 1.17. The van der Waals surface area contributed by atoms with E-state index in [1.165, 1.54) is 24.3 Å². The van der Waals surface area contributed by atoms with Crippen molar-refractivity contribution in [2.45, 2.75) is 37.9 Å². The summed E-state index contributed by atoms with van der Waals surface area (Å²) in [5.74, 6) is -1.29. The molecule has 1 fully saturated rings. The summed E-state index contributed by atoms with van der Waals surface area (Å²) >= 11 is 0. The third kappa shape index (κ3) is 6.19. The molecule has 132 valence electrons. The van der Waals surface area contributed by atoms with Crippen LogP contribution in [0, 0.1) is 0 Å². The number of carbonyl (C=O) groups is 2. The fourth-order valence-corrected chi connectivity index (χ4v) is 2.36. The van der Waals surface area contributed by atoms with Crippen molar-refractivity contribution >= 4 is 17.6 Å². The van der Waals surface area contributed by atoms with Crippen LogP contribution >= 0.6 is 0 Å². The minimum Gasteiger partial charge on any atom is -0.460 e. The highest BCUT2D eigenvalue weighted by atomic mass is 19.4. The van der Waals surface area contributed by atoms with Crippen LogP contribution in [0.5, 0.6) is 0 Å². The number of rotatable bonds is 6. The van der Waals surface area contributed by atoms with Crippen molar-refractivity contribution in [2.75, 3.05) is 18.5 Å². The highest BCUT2D eigenvalue weighted by molar-refractivity contribution is 5.94. The molecule has 8 heteroatoms.